The number of amides is 1. The monoisotopic (exact) mass is 433 g/mol. The molecule has 0 bridgehead atoms. The summed E-state index contributed by atoms with van der Waals surface area (Å²) in [5.74, 6) is 1.80. The lowest BCUT2D eigenvalue weighted by atomic mass is 10.0. The maximum atomic E-state index is 12.8. The molecule has 0 atom stereocenters. The van der Waals surface area contributed by atoms with Crippen LogP contribution in [-0.2, 0) is 6.42 Å². The Hall–Kier alpha value is -2.47. The molecule has 1 amide bonds. The summed E-state index contributed by atoms with van der Waals surface area (Å²) in [4.78, 5) is 14.4. The molecular weight excluding hydrogens is 410 g/mol. The lowest BCUT2D eigenvalue weighted by molar-refractivity contribution is 0.0773. The van der Waals surface area contributed by atoms with E-state index in [9.17, 15) is 4.79 Å². The summed E-state index contributed by atoms with van der Waals surface area (Å²) in [5, 5.41) is 0. The van der Waals surface area contributed by atoms with Crippen LogP contribution in [0.25, 0.3) is 0 Å². The summed E-state index contributed by atoms with van der Waals surface area (Å²) in [5.41, 5.74) is 1.39. The first-order chi connectivity index (χ1) is 13.0. The highest BCUT2D eigenvalue weighted by atomic mass is 79.9. The van der Waals surface area contributed by atoms with Crippen LogP contribution >= 0.6 is 15.9 Å². The number of benzene rings is 2. The number of methoxy groups -OCH3 is 2. The van der Waals surface area contributed by atoms with Crippen molar-refractivity contribution in [3.8, 4) is 17.2 Å². The van der Waals surface area contributed by atoms with Crippen LogP contribution in [0.2, 0.25) is 0 Å². The van der Waals surface area contributed by atoms with E-state index in [4.69, 9.17) is 14.2 Å². The minimum atomic E-state index is -0.110. The van der Waals surface area contributed by atoms with Gasteiger partial charge >= 0.3 is 0 Å². The maximum absolute atomic E-state index is 12.8. The van der Waals surface area contributed by atoms with Gasteiger partial charge in [0.15, 0.2) is 11.5 Å². The number of carbonyl (C=O) groups is 1. The average Bonchev–Trinajstić information content (AvgIpc) is 2.68. The fraction of sp³-hybridized carbons (Fsp3) is 0.286. The zero-order valence-electron chi connectivity index (χ0n) is 15.8. The van der Waals surface area contributed by atoms with Gasteiger partial charge in [-0.1, -0.05) is 22.0 Å². The van der Waals surface area contributed by atoms with Gasteiger partial charge in [0.2, 0.25) is 0 Å². The van der Waals surface area contributed by atoms with Crippen molar-refractivity contribution in [2.75, 3.05) is 34.4 Å². The molecule has 0 aliphatic rings. The molecule has 0 spiro atoms. The van der Waals surface area contributed by atoms with Gasteiger partial charge in [0, 0.05) is 22.6 Å². The van der Waals surface area contributed by atoms with E-state index in [0.29, 0.717) is 36.6 Å². The topological polar surface area (TPSA) is 48.0 Å². The first-order valence-electron chi connectivity index (χ1n) is 8.49. The molecule has 0 saturated carbocycles. The molecule has 0 aliphatic heterocycles. The molecule has 5 nitrogen and oxygen atoms in total. The Morgan fingerprint density at radius 2 is 1.89 bits per heavy atom. The summed E-state index contributed by atoms with van der Waals surface area (Å²) in [6.45, 7) is 4.62. The summed E-state index contributed by atoms with van der Waals surface area (Å²) in [7, 11) is 4.88. The van der Waals surface area contributed by atoms with E-state index in [-0.39, 0.29) is 5.91 Å². The van der Waals surface area contributed by atoms with E-state index >= 15 is 0 Å². The highest BCUT2D eigenvalue weighted by molar-refractivity contribution is 9.10. The van der Waals surface area contributed by atoms with Crippen LogP contribution in [0.1, 0.15) is 15.9 Å². The number of ether oxygens (including phenoxy) is 3. The molecule has 6 heteroatoms. The molecule has 0 saturated heterocycles. The van der Waals surface area contributed by atoms with E-state index in [1.165, 1.54) is 0 Å². The van der Waals surface area contributed by atoms with Crippen molar-refractivity contribution in [3.05, 3.63) is 64.7 Å². The van der Waals surface area contributed by atoms with Gasteiger partial charge in [-0.25, -0.2) is 0 Å². The van der Waals surface area contributed by atoms with Gasteiger partial charge in [0.25, 0.3) is 5.91 Å². The Morgan fingerprint density at radius 1 is 1.19 bits per heavy atom. The summed E-state index contributed by atoms with van der Waals surface area (Å²) in [6.07, 6.45) is 2.35. The van der Waals surface area contributed by atoms with E-state index in [1.807, 2.05) is 30.3 Å². The Bertz CT molecular complexity index is 790. The minimum Gasteiger partial charge on any atom is -0.493 e. The minimum absolute atomic E-state index is 0.110. The first-order valence-corrected chi connectivity index (χ1v) is 9.29. The number of halogens is 1. The number of likely N-dealkylation sites (N-methyl/N-ethyl adjacent to an activating group) is 1. The van der Waals surface area contributed by atoms with Crippen LogP contribution in [0.3, 0.4) is 0 Å². The largest absolute Gasteiger partial charge is 0.493 e. The van der Waals surface area contributed by atoms with Crippen LogP contribution < -0.4 is 14.2 Å². The quantitative estimate of drug-likeness (QED) is 0.551. The van der Waals surface area contributed by atoms with E-state index < -0.39 is 0 Å². The molecule has 0 N–H and O–H groups in total. The molecule has 0 radical (unpaired) electrons. The fourth-order valence-corrected chi connectivity index (χ4v) is 2.89. The second-order valence-electron chi connectivity index (χ2n) is 5.89. The highest BCUT2D eigenvalue weighted by Gasteiger charge is 2.18. The van der Waals surface area contributed by atoms with Crippen molar-refractivity contribution in [1.82, 2.24) is 4.90 Å². The molecule has 0 unspecified atom stereocenters. The van der Waals surface area contributed by atoms with Crippen molar-refractivity contribution in [1.29, 1.82) is 0 Å². The number of carbonyl (C=O) groups excluding carboxylic acids is 1. The SMILES string of the molecule is C=CCc1cc(C(=O)N(C)CCOc2ccc(Br)cc2)cc(OC)c1OC. The number of rotatable bonds is 9. The van der Waals surface area contributed by atoms with Crippen molar-refractivity contribution in [2.45, 2.75) is 6.42 Å². The molecule has 0 aliphatic carbocycles. The smallest absolute Gasteiger partial charge is 0.253 e. The van der Waals surface area contributed by atoms with Gasteiger partial charge in [0.05, 0.1) is 20.8 Å². The van der Waals surface area contributed by atoms with Gasteiger partial charge in [-0.15, -0.1) is 6.58 Å². The number of nitrogens with zero attached hydrogens (tertiary/aromatic N) is 1. The molecule has 2 aromatic carbocycles. The van der Waals surface area contributed by atoms with Gasteiger partial charge in [-0.2, -0.15) is 0 Å². The van der Waals surface area contributed by atoms with Crippen molar-refractivity contribution >= 4 is 21.8 Å². The zero-order chi connectivity index (χ0) is 19.8. The standard InChI is InChI=1S/C21H24BrNO4/c1-5-6-15-13-16(14-19(25-3)20(15)26-4)21(24)23(2)11-12-27-18-9-7-17(22)8-10-18/h5,7-10,13-14H,1,6,11-12H2,2-4H3. The van der Waals surface area contributed by atoms with Crippen molar-refractivity contribution in [3.63, 3.8) is 0 Å². The van der Waals surface area contributed by atoms with Crippen LogP contribution in [0.5, 0.6) is 17.2 Å². The first kappa shape index (κ1) is 20.8. The second-order valence-corrected chi connectivity index (χ2v) is 6.81. The molecule has 144 valence electrons. The van der Waals surface area contributed by atoms with Crippen molar-refractivity contribution < 1.29 is 19.0 Å². The average molecular weight is 434 g/mol. The van der Waals surface area contributed by atoms with Crippen LogP contribution in [-0.4, -0.2) is 45.2 Å². The van der Waals surface area contributed by atoms with Crippen LogP contribution in [0.15, 0.2) is 53.5 Å². The molecule has 2 rings (SSSR count). The van der Waals surface area contributed by atoms with Crippen LogP contribution in [0, 0.1) is 0 Å². The number of allylic oxidation sites excluding steroid dienone is 1. The lowest BCUT2D eigenvalue weighted by Gasteiger charge is -2.20. The van der Waals surface area contributed by atoms with Gasteiger partial charge in [-0.05, 0) is 42.8 Å². The van der Waals surface area contributed by atoms with E-state index in [2.05, 4.69) is 22.5 Å². The predicted molar refractivity (Wildman–Crippen MR) is 110 cm³/mol. The highest BCUT2D eigenvalue weighted by Crippen LogP contribution is 2.33. The Balaban J connectivity index is 2.07. The summed E-state index contributed by atoms with van der Waals surface area (Å²) >= 11 is 3.39. The van der Waals surface area contributed by atoms with E-state index in [1.54, 1.807) is 38.3 Å². The van der Waals surface area contributed by atoms with Gasteiger partial charge in [0.1, 0.15) is 12.4 Å². The predicted octanol–water partition coefficient (Wildman–Crippen LogP) is 4.35. The number of hydrogen-bond donors (Lipinski definition) is 0. The maximum Gasteiger partial charge on any atom is 0.253 e. The molecule has 0 fully saturated rings. The van der Waals surface area contributed by atoms with Crippen molar-refractivity contribution in [2.24, 2.45) is 0 Å². The Morgan fingerprint density at radius 3 is 2.48 bits per heavy atom. The Kier molecular flexibility index (Phi) is 7.73. The second kappa shape index (κ2) is 10.0. The summed E-state index contributed by atoms with van der Waals surface area (Å²) in [6, 6.07) is 11.1. The zero-order valence-corrected chi connectivity index (χ0v) is 17.4. The third-order valence-electron chi connectivity index (χ3n) is 4.02. The molecular formula is C21H24BrNO4. The summed E-state index contributed by atoms with van der Waals surface area (Å²) < 4.78 is 17.5. The Labute approximate surface area is 168 Å². The fourth-order valence-electron chi connectivity index (χ4n) is 2.63. The number of hydrogen-bond acceptors (Lipinski definition) is 4. The third kappa shape index (κ3) is 5.50. The van der Waals surface area contributed by atoms with Crippen LogP contribution in [0.4, 0.5) is 0 Å². The molecule has 2 aromatic rings. The van der Waals surface area contributed by atoms with Gasteiger partial charge < -0.3 is 19.1 Å². The molecule has 0 aromatic heterocycles. The van der Waals surface area contributed by atoms with E-state index in [0.717, 1.165) is 15.8 Å². The normalized spacial score (nSPS) is 10.2. The van der Waals surface area contributed by atoms with Gasteiger partial charge in [-0.3, -0.25) is 4.79 Å². The third-order valence-corrected chi connectivity index (χ3v) is 4.55. The molecule has 27 heavy (non-hydrogen) atoms. The lowest BCUT2D eigenvalue weighted by Crippen LogP contribution is -2.31. The molecule has 0 heterocycles.